The number of halogens is 2. The van der Waals surface area contributed by atoms with Crippen molar-refractivity contribution in [3.05, 3.63) is 60.5 Å². The average Bonchev–Trinajstić information content (AvgIpc) is 3.15. The fraction of sp³-hybridized carbons (Fsp3) is 0.176. The highest BCUT2D eigenvalue weighted by molar-refractivity contribution is 5.53. The smallest absolute Gasteiger partial charge is 0.387 e. The van der Waals surface area contributed by atoms with Crippen molar-refractivity contribution in [1.82, 2.24) is 10.2 Å². The number of rotatable bonds is 7. The summed E-state index contributed by atoms with van der Waals surface area (Å²) in [4.78, 5) is 0. The molecule has 1 atom stereocenters. The van der Waals surface area contributed by atoms with Gasteiger partial charge in [-0.2, -0.15) is 8.78 Å². The molecule has 8 heteroatoms. The lowest BCUT2D eigenvalue weighted by Crippen LogP contribution is -2.10. The maximum absolute atomic E-state index is 12.1. The van der Waals surface area contributed by atoms with E-state index in [0.29, 0.717) is 17.2 Å². The molecular formula is C17H14F2N2O4. The third-order valence-corrected chi connectivity index (χ3v) is 3.36. The van der Waals surface area contributed by atoms with E-state index in [4.69, 9.17) is 9.15 Å². The zero-order valence-corrected chi connectivity index (χ0v) is 12.9. The van der Waals surface area contributed by atoms with Gasteiger partial charge in [-0.15, -0.1) is 10.2 Å². The standard InChI is InChI=1S/C17H14F2N2O4/c18-17(19)25-14-7-1-11(2-8-14)15(22)9-23-13-5-3-12(4-6-13)16-21-20-10-24-16/h1-8,10,15,17,22H,9H2. The lowest BCUT2D eigenvalue weighted by molar-refractivity contribution is -0.0498. The van der Waals surface area contributed by atoms with Crippen LogP contribution >= 0.6 is 0 Å². The van der Waals surface area contributed by atoms with Gasteiger partial charge < -0.3 is 19.0 Å². The molecule has 1 heterocycles. The van der Waals surface area contributed by atoms with E-state index in [9.17, 15) is 13.9 Å². The highest BCUT2D eigenvalue weighted by Gasteiger charge is 2.11. The van der Waals surface area contributed by atoms with E-state index in [1.165, 1.54) is 30.7 Å². The van der Waals surface area contributed by atoms with Crippen LogP contribution in [0.25, 0.3) is 11.5 Å². The molecule has 25 heavy (non-hydrogen) atoms. The molecule has 0 bridgehead atoms. The van der Waals surface area contributed by atoms with Gasteiger partial charge in [-0.1, -0.05) is 12.1 Å². The van der Waals surface area contributed by atoms with Crippen molar-refractivity contribution in [1.29, 1.82) is 0 Å². The number of aromatic nitrogens is 2. The number of nitrogens with zero attached hydrogens (tertiary/aromatic N) is 2. The van der Waals surface area contributed by atoms with E-state index < -0.39 is 12.7 Å². The molecule has 0 fully saturated rings. The molecule has 1 aromatic heterocycles. The topological polar surface area (TPSA) is 77.6 Å². The van der Waals surface area contributed by atoms with Crippen LogP contribution in [-0.2, 0) is 0 Å². The second-order valence-corrected chi connectivity index (χ2v) is 5.04. The third-order valence-electron chi connectivity index (χ3n) is 3.36. The third kappa shape index (κ3) is 4.51. The van der Waals surface area contributed by atoms with Crippen LogP contribution in [0, 0.1) is 0 Å². The van der Waals surface area contributed by atoms with Crippen molar-refractivity contribution in [3.63, 3.8) is 0 Å². The Morgan fingerprint density at radius 1 is 1.00 bits per heavy atom. The minimum atomic E-state index is -2.88. The minimum absolute atomic E-state index is 0.00888. The van der Waals surface area contributed by atoms with Crippen LogP contribution in [0.4, 0.5) is 8.78 Å². The maximum atomic E-state index is 12.1. The lowest BCUT2D eigenvalue weighted by Gasteiger charge is -2.13. The number of aliphatic hydroxyl groups is 1. The van der Waals surface area contributed by atoms with Crippen LogP contribution in [0.15, 0.2) is 59.3 Å². The Labute approximate surface area is 141 Å². The quantitative estimate of drug-likeness (QED) is 0.705. The maximum Gasteiger partial charge on any atom is 0.387 e. The van der Waals surface area contributed by atoms with Crippen molar-refractivity contribution < 1.29 is 27.8 Å². The number of hydrogen-bond donors (Lipinski definition) is 1. The second kappa shape index (κ2) is 7.71. The van der Waals surface area contributed by atoms with Gasteiger partial charge in [0.2, 0.25) is 12.3 Å². The van der Waals surface area contributed by atoms with Gasteiger partial charge >= 0.3 is 6.61 Å². The molecule has 0 aliphatic carbocycles. The molecule has 0 aliphatic rings. The van der Waals surface area contributed by atoms with Crippen molar-refractivity contribution in [2.45, 2.75) is 12.7 Å². The molecule has 3 aromatic rings. The van der Waals surface area contributed by atoms with Crippen molar-refractivity contribution in [2.75, 3.05) is 6.61 Å². The van der Waals surface area contributed by atoms with Crippen LogP contribution < -0.4 is 9.47 Å². The molecule has 3 rings (SSSR count). The van der Waals surface area contributed by atoms with Crippen LogP contribution in [0.5, 0.6) is 11.5 Å². The van der Waals surface area contributed by atoms with Gasteiger partial charge in [0.1, 0.15) is 24.2 Å². The first-order valence-electron chi connectivity index (χ1n) is 7.34. The summed E-state index contributed by atoms with van der Waals surface area (Å²) in [5.74, 6) is 0.987. The van der Waals surface area contributed by atoms with Crippen molar-refractivity contribution in [2.24, 2.45) is 0 Å². The first-order chi connectivity index (χ1) is 12.1. The Morgan fingerprint density at radius 2 is 1.68 bits per heavy atom. The van der Waals surface area contributed by atoms with Gasteiger partial charge in [0.15, 0.2) is 0 Å². The molecule has 0 saturated heterocycles. The lowest BCUT2D eigenvalue weighted by atomic mass is 10.1. The van der Waals surface area contributed by atoms with Crippen LogP contribution in [-0.4, -0.2) is 28.5 Å². The van der Waals surface area contributed by atoms with Gasteiger partial charge in [0.05, 0.1) is 0 Å². The molecule has 0 amide bonds. The molecule has 6 nitrogen and oxygen atoms in total. The predicted octanol–water partition coefficient (Wildman–Crippen LogP) is 3.45. The van der Waals surface area contributed by atoms with E-state index in [0.717, 1.165) is 5.56 Å². The summed E-state index contributed by atoms with van der Waals surface area (Å²) in [6.07, 6.45) is 0.337. The highest BCUT2D eigenvalue weighted by atomic mass is 19.3. The molecule has 130 valence electrons. The molecule has 0 saturated carbocycles. The minimum Gasteiger partial charge on any atom is -0.491 e. The molecule has 2 aromatic carbocycles. The molecule has 0 spiro atoms. The fourth-order valence-corrected chi connectivity index (χ4v) is 2.14. The highest BCUT2D eigenvalue weighted by Crippen LogP contribution is 2.23. The largest absolute Gasteiger partial charge is 0.491 e. The van der Waals surface area contributed by atoms with E-state index in [1.807, 2.05) is 0 Å². The van der Waals surface area contributed by atoms with Crippen LogP contribution in [0.1, 0.15) is 11.7 Å². The molecule has 0 radical (unpaired) electrons. The summed E-state index contributed by atoms with van der Waals surface area (Å²) >= 11 is 0. The summed E-state index contributed by atoms with van der Waals surface area (Å²) in [6.45, 7) is -2.87. The molecular weight excluding hydrogens is 334 g/mol. The monoisotopic (exact) mass is 348 g/mol. The first-order valence-corrected chi connectivity index (χ1v) is 7.34. The summed E-state index contributed by atoms with van der Waals surface area (Å²) in [6, 6.07) is 12.7. The second-order valence-electron chi connectivity index (χ2n) is 5.04. The average molecular weight is 348 g/mol. The summed E-state index contributed by atoms with van der Waals surface area (Å²) < 4.78 is 39.1. The van der Waals surface area contributed by atoms with E-state index in [1.54, 1.807) is 24.3 Å². The van der Waals surface area contributed by atoms with Gasteiger partial charge in [-0.25, -0.2) is 0 Å². The van der Waals surface area contributed by atoms with E-state index >= 15 is 0 Å². The Kier molecular flexibility index (Phi) is 5.20. The van der Waals surface area contributed by atoms with Gasteiger partial charge in [-0.3, -0.25) is 0 Å². The Morgan fingerprint density at radius 3 is 2.28 bits per heavy atom. The Hall–Kier alpha value is -3.00. The van der Waals surface area contributed by atoms with Gasteiger partial charge in [0.25, 0.3) is 0 Å². The van der Waals surface area contributed by atoms with Crippen LogP contribution in [0.2, 0.25) is 0 Å². The molecule has 0 aliphatic heterocycles. The van der Waals surface area contributed by atoms with Crippen molar-refractivity contribution in [3.8, 4) is 23.0 Å². The predicted molar refractivity (Wildman–Crippen MR) is 83.3 cm³/mol. The first kappa shape index (κ1) is 16.8. The number of ether oxygens (including phenoxy) is 2. The SMILES string of the molecule is OC(COc1ccc(-c2nnco2)cc1)c1ccc(OC(F)F)cc1. The van der Waals surface area contributed by atoms with Crippen molar-refractivity contribution >= 4 is 0 Å². The van der Waals surface area contributed by atoms with Crippen LogP contribution in [0.3, 0.4) is 0 Å². The number of hydrogen-bond acceptors (Lipinski definition) is 6. The normalized spacial score (nSPS) is 12.2. The summed E-state index contributed by atoms with van der Waals surface area (Å²) in [7, 11) is 0. The summed E-state index contributed by atoms with van der Waals surface area (Å²) in [5, 5.41) is 17.5. The fourth-order valence-electron chi connectivity index (χ4n) is 2.14. The number of benzene rings is 2. The number of alkyl halides is 2. The number of aliphatic hydroxyl groups excluding tert-OH is 1. The van der Waals surface area contributed by atoms with Gasteiger partial charge in [-0.05, 0) is 42.0 Å². The Balaban J connectivity index is 1.55. The summed E-state index contributed by atoms with van der Waals surface area (Å²) in [5.41, 5.74) is 1.28. The van der Waals surface area contributed by atoms with Gasteiger partial charge in [0, 0.05) is 5.56 Å². The van der Waals surface area contributed by atoms with E-state index in [-0.39, 0.29) is 12.4 Å². The van der Waals surface area contributed by atoms with E-state index in [2.05, 4.69) is 14.9 Å². The Bertz CT molecular complexity index is 777. The molecule has 1 N–H and O–H groups in total. The molecule has 1 unspecified atom stereocenters. The zero-order chi connectivity index (χ0) is 17.6. The zero-order valence-electron chi connectivity index (χ0n) is 12.9.